The lowest BCUT2D eigenvalue weighted by Crippen LogP contribution is -2.38. The zero-order valence-electron chi connectivity index (χ0n) is 11.6. The topological polar surface area (TPSA) is 46.6 Å². The number of benzene rings is 1. The largest absolute Gasteiger partial charge is 0.493 e. The fourth-order valence-corrected chi connectivity index (χ4v) is 3.74. The SMILES string of the molecule is CS(=O)(=O)N1CCC(C2=Cc3ccccc3CO2)CC1. The second kappa shape index (κ2) is 5.22. The number of hydrogen-bond donors (Lipinski definition) is 0. The monoisotopic (exact) mass is 293 g/mol. The van der Waals surface area contributed by atoms with Crippen LogP contribution in [0, 0.1) is 5.92 Å². The van der Waals surface area contributed by atoms with Crippen molar-refractivity contribution in [2.75, 3.05) is 19.3 Å². The minimum atomic E-state index is -3.06. The Labute approximate surface area is 120 Å². The van der Waals surface area contributed by atoms with Crippen LogP contribution in [0.4, 0.5) is 0 Å². The average molecular weight is 293 g/mol. The van der Waals surface area contributed by atoms with Gasteiger partial charge in [0.05, 0.1) is 6.26 Å². The van der Waals surface area contributed by atoms with Crippen molar-refractivity contribution >= 4 is 16.1 Å². The molecule has 0 radical (unpaired) electrons. The first-order valence-electron chi connectivity index (χ1n) is 6.91. The zero-order chi connectivity index (χ0) is 14.2. The van der Waals surface area contributed by atoms with Gasteiger partial charge in [0.25, 0.3) is 0 Å². The Balaban J connectivity index is 1.72. The highest BCUT2D eigenvalue weighted by atomic mass is 32.2. The second-order valence-electron chi connectivity index (χ2n) is 5.47. The van der Waals surface area contributed by atoms with Gasteiger partial charge in [-0.2, -0.15) is 0 Å². The van der Waals surface area contributed by atoms with Gasteiger partial charge in [0.15, 0.2) is 0 Å². The molecule has 0 aliphatic carbocycles. The van der Waals surface area contributed by atoms with Gasteiger partial charge in [0.2, 0.25) is 10.0 Å². The fourth-order valence-electron chi connectivity index (χ4n) is 2.87. The Morgan fingerprint density at radius 1 is 1.20 bits per heavy atom. The molecule has 0 N–H and O–H groups in total. The van der Waals surface area contributed by atoms with Crippen molar-refractivity contribution < 1.29 is 13.2 Å². The highest BCUT2D eigenvalue weighted by Crippen LogP contribution is 2.32. The molecule has 1 fully saturated rings. The summed E-state index contributed by atoms with van der Waals surface area (Å²) < 4.78 is 30.4. The smallest absolute Gasteiger partial charge is 0.211 e. The van der Waals surface area contributed by atoms with Crippen molar-refractivity contribution in [3.63, 3.8) is 0 Å². The van der Waals surface area contributed by atoms with Crippen LogP contribution in [0.15, 0.2) is 30.0 Å². The number of allylic oxidation sites excluding steroid dienone is 1. The number of sulfonamides is 1. The molecule has 2 heterocycles. The molecule has 0 atom stereocenters. The van der Waals surface area contributed by atoms with Crippen LogP contribution in [0.3, 0.4) is 0 Å². The van der Waals surface area contributed by atoms with Crippen LogP contribution in [0.25, 0.3) is 6.08 Å². The van der Waals surface area contributed by atoms with E-state index in [2.05, 4.69) is 18.2 Å². The normalized spacial score (nSPS) is 20.9. The minimum absolute atomic E-state index is 0.335. The lowest BCUT2D eigenvalue weighted by atomic mass is 9.92. The first kappa shape index (κ1) is 13.6. The van der Waals surface area contributed by atoms with Crippen molar-refractivity contribution in [2.45, 2.75) is 19.4 Å². The van der Waals surface area contributed by atoms with Crippen molar-refractivity contribution in [2.24, 2.45) is 5.92 Å². The molecule has 108 valence electrons. The Hall–Kier alpha value is -1.33. The molecule has 1 aromatic carbocycles. The van der Waals surface area contributed by atoms with Gasteiger partial charge in [-0.05, 0) is 30.0 Å². The van der Waals surface area contributed by atoms with E-state index in [4.69, 9.17) is 4.74 Å². The van der Waals surface area contributed by atoms with Crippen molar-refractivity contribution in [1.82, 2.24) is 4.31 Å². The van der Waals surface area contributed by atoms with Crippen molar-refractivity contribution in [3.8, 4) is 0 Å². The summed E-state index contributed by atoms with van der Waals surface area (Å²) in [7, 11) is -3.06. The quantitative estimate of drug-likeness (QED) is 0.840. The van der Waals surface area contributed by atoms with Gasteiger partial charge in [-0.15, -0.1) is 0 Å². The molecule has 0 spiro atoms. The Kier molecular flexibility index (Phi) is 3.56. The number of hydrogen-bond acceptors (Lipinski definition) is 3. The fraction of sp³-hybridized carbons (Fsp3) is 0.467. The molecule has 0 saturated carbocycles. The lowest BCUT2D eigenvalue weighted by Gasteiger charge is -2.32. The molecule has 4 nitrogen and oxygen atoms in total. The summed E-state index contributed by atoms with van der Waals surface area (Å²) in [5, 5.41) is 0. The summed E-state index contributed by atoms with van der Waals surface area (Å²) in [4.78, 5) is 0. The third-order valence-corrected chi connectivity index (χ3v) is 5.38. The summed E-state index contributed by atoms with van der Waals surface area (Å²) in [5.74, 6) is 1.35. The summed E-state index contributed by atoms with van der Waals surface area (Å²) in [6.45, 7) is 1.80. The van der Waals surface area contributed by atoms with E-state index >= 15 is 0 Å². The van der Waals surface area contributed by atoms with Crippen LogP contribution in [-0.2, 0) is 21.4 Å². The van der Waals surface area contributed by atoms with Gasteiger partial charge in [0.1, 0.15) is 12.4 Å². The van der Waals surface area contributed by atoms with Gasteiger partial charge in [-0.25, -0.2) is 12.7 Å². The molecular weight excluding hydrogens is 274 g/mol. The molecule has 1 saturated heterocycles. The number of fused-ring (bicyclic) bond motifs is 1. The molecule has 5 heteroatoms. The average Bonchev–Trinajstić information content (AvgIpc) is 2.46. The van der Waals surface area contributed by atoms with E-state index in [-0.39, 0.29) is 0 Å². The van der Waals surface area contributed by atoms with E-state index in [1.54, 1.807) is 4.31 Å². The summed E-state index contributed by atoms with van der Waals surface area (Å²) >= 11 is 0. The molecular formula is C15H19NO3S. The molecule has 1 aromatic rings. The Bertz CT molecular complexity index is 628. The van der Waals surface area contributed by atoms with Crippen LogP contribution in [0.5, 0.6) is 0 Å². The number of piperidine rings is 1. The Morgan fingerprint density at radius 2 is 1.90 bits per heavy atom. The number of nitrogens with zero attached hydrogens (tertiary/aromatic N) is 1. The van der Waals surface area contributed by atoms with Crippen LogP contribution >= 0.6 is 0 Å². The summed E-state index contributed by atoms with van der Waals surface area (Å²) in [5.41, 5.74) is 2.43. The second-order valence-corrected chi connectivity index (χ2v) is 7.45. The highest BCUT2D eigenvalue weighted by molar-refractivity contribution is 7.88. The maximum absolute atomic E-state index is 11.5. The van der Waals surface area contributed by atoms with Crippen LogP contribution in [0.1, 0.15) is 24.0 Å². The van der Waals surface area contributed by atoms with Gasteiger partial charge < -0.3 is 4.74 Å². The molecule has 0 aromatic heterocycles. The lowest BCUT2D eigenvalue weighted by molar-refractivity contribution is 0.140. The highest BCUT2D eigenvalue weighted by Gasteiger charge is 2.28. The predicted molar refractivity (Wildman–Crippen MR) is 78.3 cm³/mol. The van der Waals surface area contributed by atoms with E-state index in [1.165, 1.54) is 17.4 Å². The van der Waals surface area contributed by atoms with Gasteiger partial charge in [-0.1, -0.05) is 24.3 Å². The van der Waals surface area contributed by atoms with Crippen LogP contribution in [0.2, 0.25) is 0 Å². The van der Waals surface area contributed by atoms with Gasteiger partial charge in [-0.3, -0.25) is 0 Å². The molecule has 20 heavy (non-hydrogen) atoms. The molecule has 2 aliphatic rings. The third-order valence-electron chi connectivity index (χ3n) is 4.07. The minimum Gasteiger partial charge on any atom is -0.493 e. The standard InChI is InChI=1S/C15H19NO3S/c1-20(17,18)16-8-6-12(7-9-16)15-10-13-4-2-3-5-14(13)11-19-15/h2-5,10,12H,6-9,11H2,1H3. The van der Waals surface area contributed by atoms with Crippen LogP contribution < -0.4 is 0 Å². The summed E-state index contributed by atoms with van der Waals surface area (Å²) in [6.07, 6.45) is 5.06. The maximum atomic E-state index is 11.5. The first-order chi connectivity index (χ1) is 9.54. The van der Waals surface area contributed by atoms with E-state index in [1.807, 2.05) is 12.1 Å². The molecule has 3 rings (SSSR count). The van der Waals surface area contributed by atoms with Crippen molar-refractivity contribution in [3.05, 3.63) is 41.2 Å². The zero-order valence-corrected chi connectivity index (χ0v) is 12.4. The number of rotatable bonds is 2. The van der Waals surface area contributed by atoms with Crippen molar-refractivity contribution in [1.29, 1.82) is 0 Å². The van der Waals surface area contributed by atoms with E-state index in [0.717, 1.165) is 18.6 Å². The van der Waals surface area contributed by atoms with E-state index in [9.17, 15) is 8.42 Å². The van der Waals surface area contributed by atoms with Gasteiger partial charge in [0, 0.05) is 19.0 Å². The van der Waals surface area contributed by atoms with Gasteiger partial charge >= 0.3 is 0 Å². The van der Waals surface area contributed by atoms with Crippen LogP contribution in [-0.4, -0.2) is 32.1 Å². The molecule has 0 unspecified atom stereocenters. The first-order valence-corrected chi connectivity index (χ1v) is 8.76. The van der Waals surface area contributed by atoms with E-state index in [0.29, 0.717) is 25.6 Å². The van der Waals surface area contributed by atoms with E-state index < -0.39 is 10.0 Å². The maximum Gasteiger partial charge on any atom is 0.211 e. The Morgan fingerprint density at radius 3 is 2.60 bits per heavy atom. The summed E-state index contributed by atoms with van der Waals surface area (Å²) in [6, 6.07) is 8.23. The third kappa shape index (κ3) is 2.74. The molecule has 2 aliphatic heterocycles. The molecule has 0 bridgehead atoms. The predicted octanol–water partition coefficient (Wildman–Crippen LogP) is 2.23. The molecule has 0 amide bonds. The number of ether oxygens (including phenoxy) is 1.